The van der Waals surface area contributed by atoms with Gasteiger partial charge in [-0.05, 0) is 36.6 Å². The molecule has 10 nitrogen and oxygen atoms in total. The normalized spacial score (nSPS) is 11.9. The van der Waals surface area contributed by atoms with E-state index in [1.165, 1.54) is 17.0 Å². The highest BCUT2D eigenvalue weighted by Gasteiger charge is 2.33. The number of nitro benzene ring substituents is 1. The van der Waals surface area contributed by atoms with Crippen LogP contribution >= 0.6 is 11.6 Å². The fourth-order valence-corrected chi connectivity index (χ4v) is 5.33. The van der Waals surface area contributed by atoms with Crippen LogP contribution in [0.5, 0.6) is 0 Å². The zero-order valence-electron chi connectivity index (χ0n) is 22.4. The number of sulfonamides is 1. The lowest BCUT2D eigenvalue weighted by atomic mass is 10.0. The molecule has 0 aliphatic heterocycles. The third-order valence-corrected chi connectivity index (χ3v) is 7.77. The van der Waals surface area contributed by atoms with Crippen molar-refractivity contribution >= 4 is 44.8 Å². The number of halogens is 1. The number of anilines is 1. The zero-order chi connectivity index (χ0) is 29.4. The van der Waals surface area contributed by atoms with Crippen molar-refractivity contribution in [3.05, 3.63) is 105 Å². The van der Waals surface area contributed by atoms with Crippen molar-refractivity contribution in [2.45, 2.75) is 32.9 Å². The third kappa shape index (κ3) is 7.80. The number of aryl methyl sites for hydroxylation is 1. The summed E-state index contributed by atoms with van der Waals surface area (Å²) < 4.78 is 26.7. The fourth-order valence-electron chi connectivity index (χ4n) is 4.23. The van der Waals surface area contributed by atoms with Crippen LogP contribution in [0.25, 0.3) is 0 Å². The molecule has 0 saturated heterocycles. The maximum atomic E-state index is 14.0. The molecule has 212 valence electrons. The Kier molecular flexibility index (Phi) is 10.2. The minimum atomic E-state index is -4.07. The SMILES string of the molecule is CCNC(=O)[C@@H](Cc1ccccc1)N(Cc1ccccc1Cl)C(=O)CN(c1cc([N+](=O)[O-])ccc1C)S(C)(=O)=O. The molecular formula is C28H31ClN4O6S. The summed E-state index contributed by atoms with van der Waals surface area (Å²) in [5.41, 5.74) is 1.47. The molecule has 3 aromatic carbocycles. The van der Waals surface area contributed by atoms with Crippen LogP contribution in [0.15, 0.2) is 72.8 Å². The number of hydrogen-bond donors (Lipinski definition) is 1. The molecular weight excluding hydrogens is 556 g/mol. The summed E-state index contributed by atoms with van der Waals surface area (Å²) in [6.45, 7) is 2.92. The molecule has 0 saturated carbocycles. The van der Waals surface area contributed by atoms with Crippen molar-refractivity contribution in [2.75, 3.05) is 23.7 Å². The Balaban J connectivity index is 2.10. The third-order valence-electron chi connectivity index (χ3n) is 6.27. The summed E-state index contributed by atoms with van der Waals surface area (Å²) in [5.74, 6) is -1.09. The molecule has 40 heavy (non-hydrogen) atoms. The van der Waals surface area contributed by atoms with Gasteiger partial charge in [-0.3, -0.25) is 24.0 Å². The van der Waals surface area contributed by atoms with Gasteiger partial charge in [-0.2, -0.15) is 0 Å². The van der Waals surface area contributed by atoms with Gasteiger partial charge >= 0.3 is 0 Å². The van der Waals surface area contributed by atoms with Crippen molar-refractivity contribution < 1.29 is 22.9 Å². The summed E-state index contributed by atoms with van der Waals surface area (Å²) in [6.07, 6.45) is 1.08. The van der Waals surface area contributed by atoms with Crippen LogP contribution in [0, 0.1) is 17.0 Å². The number of benzene rings is 3. The molecule has 0 heterocycles. The van der Waals surface area contributed by atoms with E-state index in [0.717, 1.165) is 22.2 Å². The second-order valence-electron chi connectivity index (χ2n) is 9.21. The molecule has 0 bridgehead atoms. The quantitative estimate of drug-likeness (QED) is 0.251. The van der Waals surface area contributed by atoms with E-state index in [9.17, 15) is 28.1 Å². The molecule has 0 fully saturated rings. The molecule has 0 aromatic heterocycles. The Hall–Kier alpha value is -3.96. The molecule has 12 heteroatoms. The average Bonchev–Trinajstić information content (AvgIpc) is 2.90. The lowest BCUT2D eigenvalue weighted by molar-refractivity contribution is -0.384. The largest absolute Gasteiger partial charge is 0.355 e. The lowest BCUT2D eigenvalue weighted by Crippen LogP contribution is -2.53. The number of non-ortho nitro benzene ring substituents is 1. The molecule has 2 amide bonds. The van der Waals surface area contributed by atoms with Gasteiger partial charge in [-0.1, -0.05) is 66.2 Å². The number of carbonyl (C=O) groups is 2. The van der Waals surface area contributed by atoms with Crippen LogP contribution in [-0.4, -0.2) is 55.4 Å². The van der Waals surface area contributed by atoms with Gasteiger partial charge in [0.25, 0.3) is 5.69 Å². The number of rotatable bonds is 12. The first kappa shape index (κ1) is 30.6. The van der Waals surface area contributed by atoms with E-state index in [-0.39, 0.29) is 24.3 Å². The second-order valence-corrected chi connectivity index (χ2v) is 11.5. The molecule has 1 atom stereocenters. The van der Waals surface area contributed by atoms with Crippen LogP contribution in [-0.2, 0) is 32.6 Å². The standard InChI is InChI=1S/C28H31ClN4O6S/c1-4-30-28(35)26(16-21-10-6-5-7-11-21)31(18-22-12-8-9-13-24(22)29)27(34)19-32(40(3,38)39)25-17-23(33(36)37)15-14-20(25)2/h5-15,17,26H,4,16,18-19H2,1-3H3,(H,30,35)/t26-/m1/s1. The molecule has 3 aromatic rings. The lowest BCUT2D eigenvalue weighted by Gasteiger charge is -2.33. The van der Waals surface area contributed by atoms with Gasteiger partial charge in [0.2, 0.25) is 21.8 Å². The number of nitrogens with one attached hydrogen (secondary N) is 1. The van der Waals surface area contributed by atoms with E-state index in [1.54, 1.807) is 38.1 Å². The summed E-state index contributed by atoms with van der Waals surface area (Å²) in [4.78, 5) is 39.5. The first-order chi connectivity index (χ1) is 18.9. The summed E-state index contributed by atoms with van der Waals surface area (Å²) in [7, 11) is -4.07. The van der Waals surface area contributed by atoms with Gasteiger partial charge < -0.3 is 10.2 Å². The van der Waals surface area contributed by atoms with Crippen molar-refractivity contribution in [3.8, 4) is 0 Å². The van der Waals surface area contributed by atoms with E-state index in [4.69, 9.17) is 11.6 Å². The average molecular weight is 587 g/mol. The maximum absolute atomic E-state index is 14.0. The van der Waals surface area contributed by atoms with E-state index < -0.39 is 39.3 Å². The topological polar surface area (TPSA) is 130 Å². The van der Waals surface area contributed by atoms with Crippen molar-refractivity contribution in [1.29, 1.82) is 0 Å². The van der Waals surface area contributed by atoms with Gasteiger partial charge in [0.05, 0.1) is 16.9 Å². The van der Waals surface area contributed by atoms with Crippen LogP contribution in [0.4, 0.5) is 11.4 Å². The van der Waals surface area contributed by atoms with E-state index in [2.05, 4.69) is 5.32 Å². The summed E-state index contributed by atoms with van der Waals surface area (Å²) >= 11 is 6.41. The van der Waals surface area contributed by atoms with Gasteiger partial charge in [-0.25, -0.2) is 8.42 Å². The van der Waals surface area contributed by atoms with Crippen molar-refractivity contribution in [3.63, 3.8) is 0 Å². The highest BCUT2D eigenvalue weighted by molar-refractivity contribution is 7.92. The number of hydrogen-bond acceptors (Lipinski definition) is 6. The maximum Gasteiger partial charge on any atom is 0.271 e. The summed E-state index contributed by atoms with van der Waals surface area (Å²) in [5, 5.41) is 14.6. The Morgan fingerprint density at radius 1 is 1.05 bits per heavy atom. The molecule has 0 aliphatic rings. The smallest absolute Gasteiger partial charge is 0.271 e. The number of likely N-dealkylation sites (N-methyl/N-ethyl adjacent to an activating group) is 1. The molecule has 0 aliphatic carbocycles. The Morgan fingerprint density at radius 2 is 1.70 bits per heavy atom. The zero-order valence-corrected chi connectivity index (χ0v) is 24.0. The number of amides is 2. The highest BCUT2D eigenvalue weighted by atomic mass is 35.5. The van der Waals surface area contributed by atoms with Gasteiger partial charge in [0.1, 0.15) is 12.6 Å². The van der Waals surface area contributed by atoms with Gasteiger partial charge in [-0.15, -0.1) is 0 Å². The van der Waals surface area contributed by atoms with Crippen molar-refractivity contribution in [2.24, 2.45) is 0 Å². The Labute approximate surface area is 238 Å². The van der Waals surface area contributed by atoms with Gasteiger partial charge in [0, 0.05) is 36.7 Å². The number of nitrogens with zero attached hydrogens (tertiary/aromatic N) is 3. The van der Waals surface area contributed by atoms with Crippen molar-refractivity contribution in [1.82, 2.24) is 10.2 Å². The predicted molar refractivity (Wildman–Crippen MR) is 155 cm³/mol. The summed E-state index contributed by atoms with van der Waals surface area (Å²) in [6, 6.07) is 18.8. The van der Waals surface area contributed by atoms with Crippen LogP contribution in [0.3, 0.4) is 0 Å². The van der Waals surface area contributed by atoms with Crippen LogP contribution < -0.4 is 9.62 Å². The molecule has 0 radical (unpaired) electrons. The minimum Gasteiger partial charge on any atom is -0.355 e. The molecule has 1 N–H and O–H groups in total. The van der Waals surface area contributed by atoms with Gasteiger partial charge in [0.15, 0.2) is 0 Å². The number of nitro groups is 1. The molecule has 0 unspecified atom stereocenters. The van der Waals surface area contributed by atoms with Crippen LogP contribution in [0.1, 0.15) is 23.6 Å². The second kappa shape index (κ2) is 13.4. The molecule has 0 spiro atoms. The van der Waals surface area contributed by atoms with Crippen LogP contribution in [0.2, 0.25) is 5.02 Å². The molecule has 3 rings (SSSR count). The minimum absolute atomic E-state index is 0.000336. The highest BCUT2D eigenvalue weighted by Crippen LogP contribution is 2.28. The Bertz CT molecular complexity index is 1480. The van der Waals surface area contributed by atoms with E-state index in [0.29, 0.717) is 22.7 Å². The number of carbonyl (C=O) groups excluding carboxylic acids is 2. The Morgan fingerprint density at radius 3 is 2.30 bits per heavy atom. The predicted octanol–water partition coefficient (Wildman–Crippen LogP) is 4.10. The van der Waals surface area contributed by atoms with E-state index in [1.807, 2.05) is 30.3 Å². The van der Waals surface area contributed by atoms with E-state index >= 15 is 0 Å². The monoisotopic (exact) mass is 586 g/mol. The fraction of sp³-hybridized carbons (Fsp3) is 0.286. The first-order valence-electron chi connectivity index (χ1n) is 12.5. The first-order valence-corrected chi connectivity index (χ1v) is 14.7.